The largest absolute Gasteiger partial charge is 0.493 e. The first-order valence-corrected chi connectivity index (χ1v) is 18.3. The van der Waals surface area contributed by atoms with Crippen LogP contribution in [0, 0.1) is 0 Å². The fourth-order valence-corrected chi connectivity index (χ4v) is 8.93. The smallest absolute Gasteiger partial charge is 0.317 e. The Morgan fingerprint density at radius 3 is 2.55 bits per heavy atom. The van der Waals surface area contributed by atoms with Crippen molar-refractivity contribution in [3.8, 4) is 28.7 Å². The SMILES string of the molecule is COc1ccc2c(c1OC)OC1c3c(C[NH+]4C=C5N=CC=C5C4)cc(OC4OC(C(OC(=O)CC(=O)O)C(N)N)C(O)C(O)C4O)cc3OC3(CCCC3)C21. The van der Waals surface area contributed by atoms with Gasteiger partial charge in [0.15, 0.2) is 17.6 Å². The highest BCUT2D eigenvalue weighted by molar-refractivity contribution is 5.90. The number of methoxy groups -OCH3 is 2. The van der Waals surface area contributed by atoms with Crippen LogP contribution in [0.25, 0.3) is 0 Å². The van der Waals surface area contributed by atoms with Crippen molar-refractivity contribution >= 4 is 18.2 Å². The van der Waals surface area contributed by atoms with Crippen molar-refractivity contribution < 1.29 is 68.1 Å². The molecule has 2 fully saturated rings. The molecule has 1 saturated carbocycles. The van der Waals surface area contributed by atoms with Gasteiger partial charge in [-0.25, -0.2) is 0 Å². The number of rotatable bonds is 11. The van der Waals surface area contributed by atoms with Gasteiger partial charge in [0.05, 0.1) is 26.3 Å². The minimum atomic E-state index is -1.86. The number of hydrogen-bond donors (Lipinski definition) is 7. The number of allylic oxidation sites excluding steroid dienone is 1. The number of carbonyl (C=O) groups excluding carboxylic acids is 1. The van der Waals surface area contributed by atoms with Gasteiger partial charge in [0.25, 0.3) is 0 Å². The van der Waals surface area contributed by atoms with E-state index >= 15 is 0 Å². The molecule has 0 aromatic heterocycles. The van der Waals surface area contributed by atoms with Crippen LogP contribution in [0.2, 0.25) is 0 Å². The number of carboxylic acids is 1. The predicted octanol–water partition coefficient (Wildman–Crippen LogP) is -0.307. The molecule has 5 aliphatic heterocycles. The predicted molar refractivity (Wildman–Crippen MR) is 190 cm³/mol. The highest BCUT2D eigenvalue weighted by atomic mass is 16.7. The molecule has 9 atom stereocenters. The minimum absolute atomic E-state index is 0.163. The molecule has 17 nitrogen and oxygen atoms in total. The number of esters is 1. The number of aliphatic hydroxyl groups excluding tert-OH is 3. The zero-order valence-corrected chi connectivity index (χ0v) is 30.3. The van der Waals surface area contributed by atoms with E-state index in [1.807, 2.05) is 18.2 Å². The molecule has 9 N–H and O–H groups in total. The van der Waals surface area contributed by atoms with Gasteiger partial charge in [-0.3, -0.25) is 19.5 Å². The van der Waals surface area contributed by atoms with Gasteiger partial charge in [-0.15, -0.1) is 0 Å². The molecule has 294 valence electrons. The average Bonchev–Trinajstić information content (AvgIpc) is 3.94. The lowest BCUT2D eigenvalue weighted by molar-refractivity contribution is -0.851. The van der Waals surface area contributed by atoms with Crippen molar-refractivity contribution in [1.82, 2.24) is 0 Å². The quantitative estimate of drug-likeness (QED) is 0.0881. The summed E-state index contributed by atoms with van der Waals surface area (Å²) in [5.41, 5.74) is 15.8. The highest BCUT2D eigenvalue weighted by Gasteiger charge is 2.58. The summed E-state index contributed by atoms with van der Waals surface area (Å²) < 4.78 is 42.9. The number of carbonyl (C=O) groups is 2. The first-order chi connectivity index (χ1) is 26.4. The number of nitrogens with one attached hydrogen (secondary N) is 1. The summed E-state index contributed by atoms with van der Waals surface area (Å²) in [6.45, 7) is 1.16. The normalized spacial score (nSPS) is 30.0. The Bertz CT molecular complexity index is 1960. The van der Waals surface area contributed by atoms with Gasteiger partial charge in [-0.05, 0) is 43.9 Å². The van der Waals surface area contributed by atoms with Crippen LogP contribution in [0.1, 0.15) is 60.8 Å². The molecule has 0 radical (unpaired) electrons. The molecule has 1 saturated heterocycles. The first-order valence-electron chi connectivity index (χ1n) is 18.3. The number of nitrogens with zero attached hydrogens (tertiary/aromatic N) is 1. The molecule has 2 aromatic rings. The number of aliphatic carboxylic acids is 1. The van der Waals surface area contributed by atoms with Gasteiger partial charge < -0.3 is 65.1 Å². The molecule has 8 rings (SSSR count). The fraction of sp³-hybridized carbons (Fsp3) is 0.500. The van der Waals surface area contributed by atoms with E-state index in [9.17, 15) is 24.9 Å². The summed E-state index contributed by atoms with van der Waals surface area (Å²) in [6, 6.07) is 7.40. The van der Waals surface area contributed by atoms with Crippen LogP contribution < -0.4 is 40.1 Å². The van der Waals surface area contributed by atoms with Gasteiger partial charge in [-0.2, -0.15) is 0 Å². The second-order valence-electron chi connectivity index (χ2n) is 14.8. The lowest BCUT2D eigenvalue weighted by Crippen LogP contribution is -3.04. The summed E-state index contributed by atoms with van der Waals surface area (Å²) >= 11 is 0. The van der Waals surface area contributed by atoms with E-state index in [1.54, 1.807) is 32.6 Å². The number of carboxylic acid groups (broad SMARTS) is 1. The number of quaternary nitrogens is 1. The van der Waals surface area contributed by atoms with Crippen molar-refractivity contribution in [2.75, 3.05) is 20.8 Å². The molecule has 2 aromatic carbocycles. The van der Waals surface area contributed by atoms with Crippen LogP contribution in [0.4, 0.5) is 0 Å². The average molecular weight is 766 g/mol. The number of benzene rings is 2. The van der Waals surface area contributed by atoms with Crippen molar-refractivity contribution in [3.63, 3.8) is 0 Å². The molecule has 9 unspecified atom stereocenters. The van der Waals surface area contributed by atoms with Crippen molar-refractivity contribution in [1.29, 1.82) is 0 Å². The zero-order chi connectivity index (χ0) is 38.8. The van der Waals surface area contributed by atoms with E-state index in [1.165, 1.54) is 0 Å². The standard InChI is InChI=1S/C38H44N4O13/c1-49-22-6-5-20-27-33(53-31(20)32(22)50-2)26-18(15-42-14-17-7-10-41-21(17)16-42)11-19(12-23(26)55-38(27)8-3-4-9-38)51-37-30(48)28(46)29(47)34(54-37)35(36(39)40)52-25(45)13-24(43)44/h5-7,10-12,16,27-30,33-37,46-48H,3-4,8-9,13-15,39-40H2,1-2H3,(H,43,44)/p+1. The Labute approximate surface area is 315 Å². The number of fused-ring (bicyclic) bond motifs is 7. The second kappa shape index (κ2) is 14.4. The maximum atomic E-state index is 12.3. The summed E-state index contributed by atoms with van der Waals surface area (Å²) in [5.74, 6) is -0.441. The summed E-state index contributed by atoms with van der Waals surface area (Å²) in [6.07, 6.45) is -3.97. The van der Waals surface area contributed by atoms with E-state index in [0.717, 1.165) is 58.5 Å². The van der Waals surface area contributed by atoms with Gasteiger partial charge in [0.2, 0.25) is 12.0 Å². The Morgan fingerprint density at radius 1 is 1.07 bits per heavy atom. The molecule has 55 heavy (non-hydrogen) atoms. The van der Waals surface area contributed by atoms with E-state index in [-0.39, 0.29) is 11.7 Å². The van der Waals surface area contributed by atoms with Gasteiger partial charge in [0.1, 0.15) is 79.0 Å². The van der Waals surface area contributed by atoms with Crippen LogP contribution in [0.5, 0.6) is 28.7 Å². The Hall–Kier alpha value is -4.75. The Kier molecular flexibility index (Phi) is 9.73. The third-order valence-electron chi connectivity index (χ3n) is 11.3. The summed E-state index contributed by atoms with van der Waals surface area (Å²) in [7, 11) is 3.16. The molecule has 1 spiro atoms. The lowest BCUT2D eigenvalue weighted by atomic mass is 9.73. The summed E-state index contributed by atoms with van der Waals surface area (Å²) in [5, 5.41) is 42.0. The van der Waals surface area contributed by atoms with Crippen LogP contribution in [-0.4, -0.2) is 108 Å². The summed E-state index contributed by atoms with van der Waals surface area (Å²) in [4.78, 5) is 29.0. The zero-order valence-electron chi connectivity index (χ0n) is 30.3. The topological polar surface area (TPSA) is 249 Å². The van der Waals surface area contributed by atoms with E-state index in [4.69, 9.17) is 49.7 Å². The maximum absolute atomic E-state index is 12.3. The van der Waals surface area contributed by atoms with Crippen molar-refractivity contribution in [2.45, 2.75) is 99.2 Å². The van der Waals surface area contributed by atoms with E-state index in [0.29, 0.717) is 36.1 Å². The number of nitrogens with two attached hydrogens (primary N) is 2. The third kappa shape index (κ3) is 6.48. The number of ether oxygens (including phenoxy) is 7. The highest BCUT2D eigenvalue weighted by Crippen LogP contribution is 2.64. The van der Waals surface area contributed by atoms with Crippen LogP contribution in [-0.2, 0) is 25.6 Å². The second-order valence-corrected chi connectivity index (χ2v) is 14.8. The van der Waals surface area contributed by atoms with E-state index in [2.05, 4.69) is 11.2 Å². The van der Waals surface area contributed by atoms with Crippen LogP contribution in [0.15, 0.2) is 52.8 Å². The van der Waals surface area contributed by atoms with Gasteiger partial charge in [0, 0.05) is 34.5 Å². The Balaban J connectivity index is 1.18. The molecular weight excluding hydrogens is 720 g/mol. The maximum Gasteiger partial charge on any atom is 0.317 e. The minimum Gasteiger partial charge on any atom is -0.493 e. The lowest BCUT2D eigenvalue weighted by Gasteiger charge is -2.45. The number of aliphatic hydroxyl groups is 3. The molecule has 1 aliphatic carbocycles. The van der Waals surface area contributed by atoms with Crippen LogP contribution >= 0.6 is 0 Å². The van der Waals surface area contributed by atoms with Crippen molar-refractivity contribution in [3.05, 3.63) is 64.5 Å². The molecular formula is C38H45N4O13+. The van der Waals surface area contributed by atoms with Crippen molar-refractivity contribution in [2.24, 2.45) is 16.5 Å². The molecule has 6 aliphatic rings. The monoisotopic (exact) mass is 765 g/mol. The molecule has 0 amide bonds. The van der Waals surface area contributed by atoms with Crippen LogP contribution in [0.3, 0.4) is 0 Å². The first kappa shape index (κ1) is 37.2. The molecule has 0 bridgehead atoms. The Morgan fingerprint density at radius 2 is 1.85 bits per heavy atom. The van der Waals surface area contributed by atoms with Gasteiger partial charge >= 0.3 is 11.9 Å². The number of hydrogen-bond acceptors (Lipinski definition) is 15. The van der Waals surface area contributed by atoms with Gasteiger partial charge in [-0.1, -0.05) is 6.07 Å². The number of aliphatic imine (C=N–C) groups is 1. The molecule has 17 heteroatoms. The van der Waals surface area contributed by atoms with E-state index < -0.39 is 73.0 Å². The fourth-order valence-electron chi connectivity index (χ4n) is 8.93. The third-order valence-corrected chi connectivity index (χ3v) is 11.3. The molecule has 5 heterocycles.